The SMILES string of the molecule is COc1cccc(Cn2c(O)c(F)c(=O)[nH]c2=O)c1. The first-order valence-electron chi connectivity index (χ1n) is 5.37. The lowest BCUT2D eigenvalue weighted by molar-refractivity contribution is 0.367. The molecule has 100 valence electrons. The van der Waals surface area contributed by atoms with Crippen LogP contribution in [0.2, 0.25) is 0 Å². The highest BCUT2D eigenvalue weighted by molar-refractivity contribution is 5.29. The van der Waals surface area contributed by atoms with Gasteiger partial charge in [0.1, 0.15) is 5.75 Å². The number of hydrogen-bond acceptors (Lipinski definition) is 4. The predicted molar refractivity (Wildman–Crippen MR) is 65.0 cm³/mol. The quantitative estimate of drug-likeness (QED) is 0.844. The third kappa shape index (κ3) is 2.49. The van der Waals surface area contributed by atoms with Crippen molar-refractivity contribution in [3.05, 3.63) is 56.5 Å². The van der Waals surface area contributed by atoms with Gasteiger partial charge in [0.05, 0.1) is 13.7 Å². The van der Waals surface area contributed by atoms with Crippen LogP contribution >= 0.6 is 0 Å². The maximum absolute atomic E-state index is 13.2. The Labute approximate surface area is 106 Å². The van der Waals surface area contributed by atoms with Gasteiger partial charge in [0.15, 0.2) is 0 Å². The van der Waals surface area contributed by atoms with E-state index >= 15 is 0 Å². The van der Waals surface area contributed by atoms with E-state index in [1.807, 2.05) is 0 Å². The summed E-state index contributed by atoms with van der Waals surface area (Å²) in [6.45, 7) is -0.0877. The maximum Gasteiger partial charge on any atom is 0.331 e. The molecule has 0 saturated carbocycles. The third-order valence-electron chi connectivity index (χ3n) is 2.59. The molecule has 0 saturated heterocycles. The van der Waals surface area contributed by atoms with Crippen LogP contribution in [0.15, 0.2) is 33.9 Å². The van der Waals surface area contributed by atoms with Crippen LogP contribution in [-0.2, 0) is 6.54 Å². The average Bonchev–Trinajstić information content (AvgIpc) is 2.41. The number of aromatic nitrogens is 2. The number of aromatic amines is 1. The Balaban J connectivity index is 2.46. The topological polar surface area (TPSA) is 84.3 Å². The minimum atomic E-state index is -1.39. The van der Waals surface area contributed by atoms with Crippen molar-refractivity contribution in [2.75, 3.05) is 7.11 Å². The molecule has 1 aromatic heterocycles. The van der Waals surface area contributed by atoms with Gasteiger partial charge >= 0.3 is 5.69 Å². The number of benzene rings is 1. The van der Waals surface area contributed by atoms with E-state index in [0.29, 0.717) is 11.3 Å². The van der Waals surface area contributed by atoms with Crippen molar-refractivity contribution in [1.29, 1.82) is 0 Å². The molecule has 6 nitrogen and oxygen atoms in total. The number of nitrogens with one attached hydrogen (secondary N) is 1. The second-order valence-electron chi connectivity index (χ2n) is 3.83. The van der Waals surface area contributed by atoms with Crippen LogP contribution in [0.1, 0.15) is 5.56 Å². The molecule has 0 atom stereocenters. The molecule has 0 unspecified atom stereocenters. The molecule has 1 aromatic carbocycles. The monoisotopic (exact) mass is 266 g/mol. The summed E-state index contributed by atoms with van der Waals surface area (Å²) in [5.41, 5.74) is -1.51. The summed E-state index contributed by atoms with van der Waals surface area (Å²) in [6, 6.07) is 6.71. The van der Waals surface area contributed by atoms with Crippen molar-refractivity contribution >= 4 is 0 Å². The predicted octanol–water partition coefficient (Wildman–Crippen LogP) is 0.438. The van der Waals surface area contributed by atoms with E-state index in [1.54, 1.807) is 29.2 Å². The number of nitrogens with zero attached hydrogens (tertiary/aromatic N) is 1. The molecule has 19 heavy (non-hydrogen) atoms. The summed E-state index contributed by atoms with van der Waals surface area (Å²) in [6.07, 6.45) is 0. The van der Waals surface area contributed by atoms with Crippen molar-refractivity contribution in [2.24, 2.45) is 0 Å². The molecule has 0 aliphatic heterocycles. The molecule has 0 aliphatic rings. The summed E-state index contributed by atoms with van der Waals surface area (Å²) in [7, 11) is 1.49. The number of halogens is 1. The smallest absolute Gasteiger partial charge is 0.331 e. The van der Waals surface area contributed by atoms with E-state index < -0.39 is 22.9 Å². The molecule has 0 spiro atoms. The second kappa shape index (κ2) is 4.97. The fraction of sp³-hybridized carbons (Fsp3) is 0.167. The fourth-order valence-corrected chi connectivity index (χ4v) is 1.64. The van der Waals surface area contributed by atoms with Gasteiger partial charge in [0, 0.05) is 0 Å². The van der Waals surface area contributed by atoms with E-state index in [4.69, 9.17) is 4.74 Å². The van der Waals surface area contributed by atoms with Crippen molar-refractivity contribution in [1.82, 2.24) is 9.55 Å². The molecule has 0 fully saturated rings. The zero-order valence-electron chi connectivity index (χ0n) is 10.0. The average molecular weight is 266 g/mol. The Morgan fingerprint density at radius 1 is 1.42 bits per heavy atom. The fourth-order valence-electron chi connectivity index (χ4n) is 1.64. The van der Waals surface area contributed by atoms with Gasteiger partial charge in [-0.2, -0.15) is 4.39 Å². The minimum absolute atomic E-state index is 0.0877. The minimum Gasteiger partial charge on any atom is -0.497 e. The third-order valence-corrected chi connectivity index (χ3v) is 2.59. The lowest BCUT2D eigenvalue weighted by Crippen LogP contribution is -2.32. The maximum atomic E-state index is 13.2. The molecule has 2 N–H and O–H groups in total. The number of H-pyrrole nitrogens is 1. The van der Waals surface area contributed by atoms with Gasteiger partial charge in [-0.25, -0.2) is 4.79 Å². The molecule has 2 aromatic rings. The Morgan fingerprint density at radius 2 is 2.16 bits per heavy atom. The first kappa shape index (κ1) is 12.9. The van der Waals surface area contributed by atoms with Crippen LogP contribution in [0.4, 0.5) is 4.39 Å². The first-order chi connectivity index (χ1) is 9.02. The Hall–Kier alpha value is -2.57. The van der Waals surface area contributed by atoms with E-state index in [0.717, 1.165) is 4.57 Å². The van der Waals surface area contributed by atoms with Crippen LogP contribution in [0.25, 0.3) is 0 Å². The highest BCUT2D eigenvalue weighted by Crippen LogP contribution is 2.15. The lowest BCUT2D eigenvalue weighted by atomic mass is 10.2. The molecule has 2 rings (SSSR count). The molecule has 0 radical (unpaired) electrons. The lowest BCUT2D eigenvalue weighted by Gasteiger charge is -2.09. The second-order valence-corrected chi connectivity index (χ2v) is 3.83. The summed E-state index contributed by atoms with van der Waals surface area (Å²) >= 11 is 0. The zero-order chi connectivity index (χ0) is 14.0. The van der Waals surface area contributed by atoms with Gasteiger partial charge < -0.3 is 9.84 Å². The summed E-state index contributed by atoms with van der Waals surface area (Å²) < 4.78 is 19.0. The van der Waals surface area contributed by atoms with E-state index in [1.165, 1.54) is 7.11 Å². The van der Waals surface area contributed by atoms with E-state index in [2.05, 4.69) is 0 Å². The van der Waals surface area contributed by atoms with Crippen molar-refractivity contribution in [3.63, 3.8) is 0 Å². The van der Waals surface area contributed by atoms with Gasteiger partial charge in [0.25, 0.3) is 5.56 Å². The summed E-state index contributed by atoms with van der Waals surface area (Å²) in [5, 5.41) is 9.48. The molecular formula is C12H11FN2O4. The van der Waals surface area contributed by atoms with Gasteiger partial charge in [-0.05, 0) is 17.7 Å². The largest absolute Gasteiger partial charge is 0.497 e. The number of aromatic hydroxyl groups is 1. The highest BCUT2D eigenvalue weighted by Gasteiger charge is 2.13. The zero-order valence-corrected chi connectivity index (χ0v) is 10.0. The Bertz CT molecular complexity index is 720. The molecule has 1 heterocycles. The van der Waals surface area contributed by atoms with Crippen molar-refractivity contribution < 1.29 is 14.2 Å². The van der Waals surface area contributed by atoms with Crippen LogP contribution in [0.5, 0.6) is 11.6 Å². The van der Waals surface area contributed by atoms with Gasteiger partial charge in [-0.15, -0.1) is 0 Å². The van der Waals surface area contributed by atoms with E-state index in [9.17, 15) is 19.1 Å². The first-order valence-corrected chi connectivity index (χ1v) is 5.37. The van der Waals surface area contributed by atoms with Crippen molar-refractivity contribution in [2.45, 2.75) is 6.54 Å². The molecular weight excluding hydrogens is 255 g/mol. The van der Waals surface area contributed by atoms with Gasteiger partial charge in [-0.3, -0.25) is 14.3 Å². The number of rotatable bonds is 3. The standard InChI is InChI=1S/C12H11FN2O4/c1-19-8-4-2-3-7(5-8)6-15-11(17)9(13)10(16)14-12(15)18/h2-5,17H,6H2,1H3,(H,14,16,18). The van der Waals surface area contributed by atoms with Gasteiger partial charge in [0.2, 0.25) is 11.7 Å². The van der Waals surface area contributed by atoms with Crippen LogP contribution in [0.3, 0.4) is 0 Å². The number of methoxy groups -OCH3 is 1. The van der Waals surface area contributed by atoms with Crippen LogP contribution in [0, 0.1) is 5.82 Å². The molecule has 0 aliphatic carbocycles. The van der Waals surface area contributed by atoms with Crippen LogP contribution in [-0.4, -0.2) is 21.8 Å². The van der Waals surface area contributed by atoms with Crippen LogP contribution < -0.4 is 16.0 Å². The highest BCUT2D eigenvalue weighted by atomic mass is 19.1. The Morgan fingerprint density at radius 3 is 2.84 bits per heavy atom. The van der Waals surface area contributed by atoms with Crippen molar-refractivity contribution in [3.8, 4) is 11.6 Å². The summed E-state index contributed by atoms with van der Waals surface area (Å²) in [4.78, 5) is 24.2. The Kier molecular flexibility index (Phi) is 3.37. The molecule has 0 bridgehead atoms. The number of ether oxygens (including phenoxy) is 1. The molecule has 7 heteroatoms. The summed E-state index contributed by atoms with van der Waals surface area (Å²) in [5.74, 6) is -1.81. The normalized spacial score (nSPS) is 10.4. The molecule has 0 amide bonds. The number of hydrogen-bond donors (Lipinski definition) is 2. The van der Waals surface area contributed by atoms with E-state index in [-0.39, 0.29) is 6.54 Å². The van der Waals surface area contributed by atoms with Gasteiger partial charge in [-0.1, -0.05) is 12.1 Å².